The molecule has 20 heavy (non-hydrogen) atoms. The van der Waals surface area contributed by atoms with E-state index in [0.717, 1.165) is 16.6 Å². The van der Waals surface area contributed by atoms with Crippen LogP contribution in [0, 0.1) is 12.7 Å². The fourth-order valence-electron chi connectivity index (χ4n) is 2.35. The summed E-state index contributed by atoms with van der Waals surface area (Å²) in [5.41, 5.74) is 3.13. The smallest absolute Gasteiger partial charge is 0.126 e. The van der Waals surface area contributed by atoms with Crippen LogP contribution in [-0.4, -0.2) is 6.54 Å². The van der Waals surface area contributed by atoms with Gasteiger partial charge in [-0.3, -0.25) is 0 Å². The largest absolute Gasteiger partial charge is 0.310 e. The molecule has 1 atom stereocenters. The second kappa shape index (κ2) is 7.00. The zero-order valence-electron chi connectivity index (χ0n) is 11.8. The fourth-order valence-corrected chi connectivity index (χ4v) is 2.88. The molecule has 2 rings (SSSR count). The highest BCUT2D eigenvalue weighted by Crippen LogP contribution is 2.28. The fraction of sp³-hybridized carbons (Fsp3) is 0.294. The third kappa shape index (κ3) is 3.68. The van der Waals surface area contributed by atoms with Gasteiger partial charge in [-0.1, -0.05) is 58.7 Å². The Kier molecular flexibility index (Phi) is 5.32. The van der Waals surface area contributed by atoms with Crippen LogP contribution < -0.4 is 5.32 Å². The van der Waals surface area contributed by atoms with Gasteiger partial charge >= 0.3 is 0 Å². The maximum atomic E-state index is 13.8. The zero-order valence-corrected chi connectivity index (χ0v) is 13.4. The van der Waals surface area contributed by atoms with E-state index >= 15 is 0 Å². The molecule has 0 spiro atoms. The van der Waals surface area contributed by atoms with Gasteiger partial charge in [0.2, 0.25) is 0 Å². The molecule has 0 fully saturated rings. The van der Waals surface area contributed by atoms with Gasteiger partial charge in [0.25, 0.3) is 0 Å². The van der Waals surface area contributed by atoms with E-state index in [2.05, 4.69) is 53.3 Å². The van der Waals surface area contributed by atoms with E-state index in [1.54, 1.807) is 6.07 Å². The zero-order chi connectivity index (χ0) is 14.5. The molecule has 0 aromatic heterocycles. The van der Waals surface area contributed by atoms with Crippen LogP contribution in [0.15, 0.2) is 46.9 Å². The van der Waals surface area contributed by atoms with Crippen LogP contribution in [0.5, 0.6) is 0 Å². The maximum absolute atomic E-state index is 13.8. The minimum absolute atomic E-state index is 0.103. The van der Waals surface area contributed by atoms with Crippen molar-refractivity contribution in [3.8, 4) is 0 Å². The second-order valence-electron chi connectivity index (χ2n) is 4.93. The molecule has 0 aliphatic heterocycles. The van der Waals surface area contributed by atoms with Crippen LogP contribution in [0.4, 0.5) is 4.39 Å². The summed E-state index contributed by atoms with van der Waals surface area (Å²) >= 11 is 3.60. The molecule has 2 aromatic rings. The van der Waals surface area contributed by atoms with Crippen molar-refractivity contribution in [2.75, 3.05) is 6.54 Å². The number of hydrogen-bond acceptors (Lipinski definition) is 1. The van der Waals surface area contributed by atoms with Gasteiger partial charge in [-0.15, -0.1) is 0 Å². The summed E-state index contributed by atoms with van der Waals surface area (Å²) in [6.45, 7) is 4.99. The molecule has 1 nitrogen and oxygen atoms in total. The van der Waals surface area contributed by atoms with Crippen molar-refractivity contribution < 1.29 is 4.39 Å². The Morgan fingerprint density at radius 3 is 2.65 bits per heavy atom. The van der Waals surface area contributed by atoms with Gasteiger partial charge in [-0.25, -0.2) is 4.39 Å². The summed E-state index contributed by atoms with van der Waals surface area (Å²) in [7, 11) is 0. The number of hydrogen-bond donors (Lipinski definition) is 1. The molecule has 3 heteroatoms. The third-order valence-corrected chi connectivity index (χ3v) is 4.08. The van der Waals surface area contributed by atoms with Crippen molar-refractivity contribution in [3.05, 3.63) is 69.4 Å². The molecule has 0 amide bonds. The lowest BCUT2D eigenvalue weighted by atomic mass is 9.97. The lowest BCUT2D eigenvalue weighted by Crippen LogP contribution is -2.23. The molecule has 2 aromatic carbocycles. The lowest BCUT2D eigenvalue weighted by molar-refractivity contribution is 0.526. The topological polar surface area (TPSA) is 12.0 Å². The molecule has 0 aliphatic carbocycles. The van der Waals surface area contributed by atoms with Crippen molar-refractivity contribution in [3.63, 3.8) is 0 Å². The third-order valence-electron chi connectivity index (χ3n) is 3.36. The Morgan fingerprint density at radius 2 is 1.95 bits per heavy atom. The van der Waals surface area contributed by atoms with Gasteiger partial charge in [-0.05, 0) is 43.1 Å². The summed E-state index contributed by atoms with van der Waals surface area (Å²) in [4.78, 5) is 0. The van der Waals surface area contributed by atoms with Crippen molar-refractivity contribution in [2.45, 2.75) is 26.3 Å². The molecule has 1 unspecified atom stereocenters. The van der Waals surface area contributed by atoms with Gasteiger partial charge in [0.1, 0.15) is 5.82 Å². The molecular weight excluding hydrogens is 317 g/mol. The number of benzene rings is 2. The van der Waals surface area contributed by atoms with E-state index < -0.39 is 0 Å². The van der Waals surface area contributed by atoms with Crippen LogP contribution in [0.25, 0.3) is 0 Å². The van der Waals surface area contributed by atoms with E-state index in [0.29, 0.717) is 6.42 Å². The van der Waals surface area contributed by atoms with Gasteiger partial charge in [0, 0.05) is 10.5 Å². The number of aryl methyl sites for hydroxylation is 1. The highest BCUT2D eigenvalue weighted by atomic mass is 79.9. The molecule has 0 radical (unpaired) electrons. The molecule has 0 bridgehead atoms. The minimum Gasteiger partial charge on any atom is -0.310 e. The number of rotatable bonds is 5. The average molecular weight is 336 g/mol. The standard InChI is InChI=1S/C17H19BrFN/c1-3-20-17(11-13-6-4-5-7-16(13)19)14-10-12(2)8-9-15(14)18/h4-10,17,20H,3,11H2,1-2H3. The van der Waals surface area contributed by atoms with Crippen LogP contribution >= 0.6 is 15.9 Å². The van der Waals surface area contributed by atoms with E-state index in [4.69, 9.17) is 0 Å². The second-order valence-corrected chi connectivity index (χ2v) is 5.79. The Bertz CT molecular complexity index is 583. The van der Waals surface area contributed by atoms with Crippen molar-refractivity contribution >= 4 is 15.9 Å². The van der Waals surface area contributed by atoms with E-state index in [9.17, 15) is 4.39 Å². The highest BCUT2D eigenvalue weighted by molar-refractivity contribution is 9.10. The summed E-state index contributed by atoms with van der Waals surface area (Å²) in [6.07, 6.45) is 0.641. The SMILES string of the molecule is CCNC(Cc1ccccc1F)c1cc(C)ccc1Br. The van der Waals surface area contributed by atoms with Gasteiger partial charge in [0.05, 0.1) is 0 Å². The van der Waals surface area contributed by atoms with Gasteiger partial charge in [0.15, 0.2) is 0 Å². The predicted octanol–water partition coefficient (Wildman–Crippen LogP) is 4.79. The van der Waals surface area contributed by atoms with Crippen LogP contribution in [-0.2, 0) is 6.42 Å². The van der Waals surface area contributed by atoms with Crippen LogP contribution in [0.1, 0.15) is 29.7 Å². The first-order valence-corrected chi connectivity index (χ1v) is 7.64. The summed E-state index contributed by atoms with van der Waals surface area (Å²) in [5.74, 6) is -0.140. The quantitative estimate of drug-likeness (QED) is 0.828. The summed E-state index contributed by atoms with van der Waals surface area (Å²) in [6, 6.07) is 13.4. The molecule has 0 aliphatic rings. The van der Waals surface area contributed by atoms with Crippen LogP contribution in [0.3, 0.4) is 0 Å². The number of halogens is 2. The average Bonchev–Trinajstić information content (AvgIpc) is 2.43. The van der Waals surface area contributed by atoms with Gasteiger partial charge in [-0.2, -0.15) is 0 Å². The first kappa shape index (κ1) is 15.2. The molecule has 0 saturated heterocycles. The Balaban J connectivity index is 2.32. The predicted molar refractivity (Wildman–Crippen MR) is 85.4 cm³/mol. The minimum atomic E-state index is -0.140. The van der Waals surface area contributed by atoms with E-state index in [-0.39, 0.29) is 11.9 Å². The highest BCUT2D eigenvalue weighted by Gasteiger charge is 2.16. The summed E-state index contributed by atoms with van der Waals surface area (Å²) in [5, 5.41) is 3.45. The molecule has 1 N–H and O–H groups in total. The summed E-state index contributed by atoms with van der Waals surface area (Å²) < 4.78 is 14.9. The Morgan fingerprint density at radius 1 is 1.20 bits per heavy atom. The van der Waals surface area contributed by atoms with Crippen molar-refractivity contribution in [2.24, 2.45) is 0 Å². The van der Waals surface area contributed by atoms with Gasteiger partial charge < -0.3 is 5.32 Å². The first-order chi connectivity index (χ1) is 9.61. The van der Waals surface area contributed by atoms with E-state index in [1.807, 2.05) is 12.1 Å². The molecule has 0 heterocycles. The molecular formula is C17H19BrFN. The first-order valence-electron chi connectivity index (χ1n) is 6.84. The maximum Gasteiger partial charge on any atom is 0.126 e. The molecule has 0 saturated carbocycles. The van der Waals surface area contributed by atoms with Crippen molar-refractivity contribution in [1.29, 1.82) is 0 Å². The normalized spacial score (nSPS) is 12.4. The number of likely N-dealkylation sites (N-methyl/N-ethyl adjacent to an activating group) is 1. The monoisotopic (exact) mass is 335 g/mol. The Hall–Kier alpha value is -1.19. The Labute approximate surface area is 128 Å². The van der Waals surface area contributed by atoms with E-state index in [1.165, 1.54) is 17.2 Å². The van der Waals surface area contributed by atoms with Crippen molar-refractivity contribution in [1.82, 2.24) is 5.32 Å². The molecule has 106 valence electrons. The lowest BCUT2D eigenvalue weighted by Gasteiger charge is -2.20. The van der Waals surface area contributed by atoms with Crippen LogP contribution in [0.2, 0.25) is 0 Å². The number of nitrogens with one attached hydrogen (secondary N) is 1.